The van der Waals surface area contributed by atoms with Crippen molar-refractivity contribution in [2.75, 3.05) is 14.2 Å². The number of carbonyl (C=O) groups is 1. The predicted octanol–water partition coefficient (Wildman–Crippen LogP) is 2.07. The molecule has 1 aromatic rings. The number of methoxy groups -OCH3 is 2. The van der Waals surface area contributed by atoms with E-state index in [0.717, 1.165) is 17.1 Å². The third-order valence-electron chi connectivity index (χ3n) is 3.37. The Hall–Kier alpha value is -1.75. The first-order valence-corrected chi connectivity index (χ1v) is 6.67. The van der Waals surface area contributed by atoms with Crippen LogP contribution in [0.2, 0.25) is 0 Å². The number of hydrogen-bond acceptors (Lipinski definition) is 4. The maximum Gasteiger partial charge on any atom is 0.306 e. The van der Waals surface area contributed by atoms with Gasteiger partial charge in [0.05, 0.1) is 20.1 Å². The van der Waals surface area contributed by atoms with Crippen molar-refractivity contribution in [1.29, 1.82) is 0 Å². The number of rotatable bonds is 8. The largest absolute Gasteiger partial charge is 0.496 e. The topological polar surface area (TPSA) is 81.8 Å². The van der Waals surface area contributed by atoms with E-state index < -0.39 is 11.9 Å². The van der Waals surface area contributed by atoms with Gasteiger partial charge in [-0.2, -0.15) is 0 Å². The smallest absolute Gasteiger partial charge is 0.306 e. The van der Waals surface area contributed by atoms with Crippen molar-refractivity contribution in [3.63, 3.8) is 0 Å². The van der Waals surface area contributed by atoms with Gasteiger partial charge in [0.15, 0.2) is 0 Å². The highest BCUT2D eigenvalue weighted by molar-refractivity contribution is 5.69. The van der Waals surface area contributed by atoms with E-state index in [-0.39, 0.29) is 6.04 Å². The van der Waals surface area contributed by atoms with Crippen LogP contribution >= 0.6 is 0 Å². The number of carboxylic acid groups (broad SMARTS) is 1. The Bertz CT molecular complexity index is 425. The van der Waals surface area contributed by atoms with Crippen LogP contribution < -0.4 is 15.2 Å². The summed E-state index contributed by atoms with van der Waals surface area (Å²) in [6, 6.07) is 5.47. The minimum atomic E-state index is -0.810. The molecule has 0 bridgehead atoms. The van der Waals surface area contributed by atoms with Gasteiger partial charge in [0.25, 0.3) is 0 Å². The average Bonchev–Trinajstić information content (AvgIpc) is 2.44. The molecule has 1 aromatic carbocycles. The summed E-state index contributed by atoms with van der Waals surface area (Å²) in [4.78, 5) is 10.8. The Morgan fingerprint density at radius 2 is 1.85 bits per heavy atom. The number of carboxylic acids is 1. The number of hydrogen-bond donors (Lipinski definition) is 2. The van der Waals surface area contributed by atoms with Gasteiger partial charge in [-0.05, 0) is 31.4 Å². The summed E-state index contributed by atoms with van der Waals surface area (Å²) < 4.78 is 10.6. The van der Waals surface area contributed by atoms with Crippen LogP contribution in [0.5, 0.6) is 11.5 Å². The van der Waals surface area contributed by atoms with Gasteiger partial charge in [-0.15, -0.1) is 0 Å². The van der Waals surface area contributed by atoms with Gasteiger partial charge in [0.2, 0.25) is 0 Å². The third kappa shape index (κ3) is 4.42. The second-order valence-corrected chi connectivity index (χ2v) is 4.91. The van der Waals surface area contributed by atoms with Crippen molar-refractivity contribution < 1.29 is 19.4 Å². The van der Waals surface area contributed by atoms with Crippen LogP contribution in [-0.4, -0.2) is 31.3 Å². The van der Waals surface area contributed by atoms with Crippen LogP contribution in [0.1, 0.15) is 25.3 Å². The van der Waals surface area contributed by atoms with Crippen molar-refractivity contribution in [3.05, 3.63) is 23.8 Å². The van der Waals surface area contributed by atoms with E-state index in [1.807, 2.05) is 18.2 Å². The molecule has 0 fully saturated rings. The first kappa shape index (κ1) is 16.3. The molecular weight excluding hydrogens is 258 g/mol. The Kier molecular flexibility index (Phi) is 6.31. The van der Waals surface area contributed by atoms with E-state index in [0.29, 0.717) is 19.3 Å². The zero-order valence-electron chi connectivity index (χ0n) is 12.3. The Labute approximate surface area is 119 Å². The molecule has 5 nitrogen and oxygen atoms in total. The fourth-order valence-electron chi connectivity index (χ4n) is 2.18. The summed E-state index contributed by atoms with van der Waals surface area (Å²) in [5, 5.41) is 8.88. The second-order valence-electron chi connectivity index (χ2n) is 4.91. The van der Waals surface area contributed by atoms with E-state index in [9.17, 15) is 4.79 Å². The van der Waals surface area contributed by atoms with Gasteiger partial charge in [-0.1, -0.05) is 13.0 Å². The number of ether oxygens (including phenoxy) is 2. The number of benzene rings is 1. The standard InChI is InChI=1S/C15H23NO4/c1-10(15(17)18)9-11(16)7-8-12-13(19-2)5-4-6-14(12)20-3/h4-6,10-11H,7-9,16H2,1-3H3,(H,17,18). The average molecular weight is 281 g/mol. The fraction of sp³-hybridized carbons (Fsp3) is 0.533. The Balaban J connectivity index is 2.67. The fourth-order valence-corrected chi connectivity index (χ4v) is 2.18. The molecule has 0 aliphatic carbocycles. The minimum Gasteiger partial charge on any atom is -0.496 e. The molecule has 0 heterocycles. The molecule has 2 unspecified atom stereocenters. The highest BCUT2D eigenvalue weighted by Gasteiger charge is 2.17. The normalized spacial score (nSPS) is 13.6. The summed E-state index contributed by atoms with van der Waals surface area (Å²) in [5.41, 5.74) is 6.97. The van der Waals surface area contributed by atoms with Crippen LogP contribution in [-0.2, 0) is 11.2 Å². The molecule has 20 heavy (non-hydrogen) atoms. The molecule has 3 N–H and O–H groups in total. The van der Waals surface area contributed by atoms with Gasteiger partial charge >= 0.3 is 5.97 Å². The number of aliphatic carboxylic acids is 1. The van der Waals surface area contributed by atoms with Crippen LogP contribution in [0, 0.1) is 5.92 Å². The van der Waals surface area contributed by atoms with Gasteiger partial charge < -0.3 is 20.3 Å². The summed E-state index contributed by atoms with van der Waals surface area (Å²) >= 11 is 0. The number of nitrogens with two attached hydrogens (primary N) is 1. The van der Waals surface area contributed by atoms with E-state index >= 15 is 0 Å². The summed E-state index contributed by atoms with van der Waals surface area (Å²) in [7, 11) is 3.23. The molecule has 0 aliphatic rings. The Morgan fingerprint density at radius 1 is 1.30 bits per heavy atom. The van der Waals surface area contributed by atoms with Crippen LogP contribution in [0.4, 0.5) is 0 Å². The van der Waals surface area contributed by atoms with Crippen LogP contribution in [0.3, 0.4) is 0 Å². The van der Waals surface area contributed by atoms with Gasteiger partial charge in [-0.3, -0.25) is 4.79 Å². The molecular formula is C15H23NO4. The van der Waals surface area contributed by atoms with E-state index in [4.69, 9.17) is 20.3 Å². The molecule has 112 valence electrons. The molecule has 0 saturated heterocycles. The zero-order valence-corrected chi connectivity index (χ0v) is 12.3. The SMILES string of the molecule is COc1cccc(OC)c1CCC(N)CC(C)C(=O)O. The quantitative estimate of drug-likeness (QED) is 0.762. The molecule has 0 amide bonds. The minimum absolute atomic E-state index is 0.157. The van der Waals surface area contributed by atoms with Crippen molar-refractivity contribution in [2.45, 2.75) is 32.2 Å². The lowest BCUT2D eigenvalue weighted by Gasteiger charge is -2.17. The maximum atomic E-state index is 10.8. The lowest BCUT2D eigenvalue weighted by Crippen LogP contribution is -2.26. The molecule has 0 saturated carbocycles. The van der Waals surface area contributed by atoms with Gasteiger partial charge in [0.1, 0.15) is 11.5 Å². The third-order valence-corrected chi connectivity index (χ3v) is 3.37. The molecule has 0 spiro atoms. The monoisotopic (exact) mass is 281 g/mol. The summed E-state index contributed by atoms with van der Waals surface area (Å²) in [6.07, 6.45) is 1.85. The highest BCUT2D eigenvalue weighted by atomic mass is 16.5. The molecule has 0 aliphatic heterocycles. The van der Waals surface area contributed by atoms with Gasteiger partial charge in [-0.25, -0.2) is 0 Å². The molecule has 2 atom stereocenters. The van der Waals surface area contributed by atoms with Gasteiger partial charge in [0, 0.05) is 11.6 Å². The molecule has 0 aromatic heterocycles. The molecule has 1 rings (SSSR count). The van der Waals surface area contributed by atoms with E-state index in [1.54, 1.807) is 21.1 Å². The Morgan fingerprint density at radius 3 is 2.30 bits per heavy atom. The van der Waals surface area contributed by atoms with Crippen LogP contribution in [0.25, 0.3) is 0 Å². The van der Waals surface area contributed by atoms with Crippen molar-refractivity contribution in [2.24, 2.45) is 11.7 Å². The van der Waals surface area contributed by atoms with Crippen molar-refractivity contribution >= 4 is 5.97 Å². The van der Waals surface area contributed by atoms with Crippen molar-refractivity contribution in [1.82, 2.24) is 0 Å². The lowest BCUT2D eigenvalue weighted by molar-refractivity contribution is -0.141. The van der Waals surface area contributed by atoms with E-state index in [1.165, 1.54) is 0 Å². The van der Waals surface area contributed by atoms with Crippen molar-refractivity contribution in [3.8, 4) is 11.5 Å². The molecule has 5 heteroatoms. The van der Waals surface area contributed by atoms with E-state index in [2.05, 4.69) is 0 Å². The summed E-state index contributed by atoms with van der Waals surface area (Å²) in [6.45, 7) is 1.67. The molecule has 0 radical (unpaired) electrons. The maximum absolute atomic E-state index is 10.8. The van der Waals surface area contributed by atoms with Crippen LogP contribution in [0.15, 0.2) is 18.2 Å². The first-order chi connectivity index (χ1) is 9.49. The zero-order chi connectivity index (χ0) is 15.1. The lowest BCUT2D eigenvalue weighted by atomic mass is 9.96. The summed E-state index contributed by atoms with van der Waals surface area (Å²) in [5.74, 6) is 0.297. The highest BCUT2D eigenvalue weighted by Crippen LogP contribution is 2.29. The first-order valence-electron chi connectivity index (χ1n) is 6.67. The second kappa shape index (κ2) is 7.75. The predicted molar refractivity (Wildman–Crippen MR) is 77.3 cm³/mol.